The lowest BCUT2D eigenvalue weighted by Gasteiger charge is -2.05. The summed E-state index contributed by atoms with van der Waals surface area (Å²) in [7, 11) is 3.34. The number of hydrogen-bond acceptors (Lipinski definition) is 6. The van der Waals surface area contributed by atoms with E-state index >= 15 is 0 Å². The molecule has 46 heavy (non-hydrogen) atoms. The maximum Gasteiger partial charge on any atom is 0.139 e. The van der Waals surface area contributed by atoms with Crippen molar-refractivity contribution in [2.75, 3.05) is 14.2 Å². The van der Waals surface area contributed by atoms with Crippen molar-refractivity contribution >= 4 is 43.9 Å². The number of methoxy groups -OCH3 is 2. The van der Waals surface area contributed by atoms with Crippen LogP contribution < -0.4 is 9.47 Å². The number of fused-ring (bicyclic) bond motifs is 4. The molecule has 4 aromatic heterocycles. The minimum absolute atomic E-state index is 0.722. The van der Waals surface area contributed by atoms with E-state index in [4.69, 9.17) is 27.1 Å². The first-order valence-corrected chi connectivity index (χ1v) is 15.0. The van der Waals surface area contributed by atoms with Gasteiger partial charge in [-0.05, 0) is 60.7 Å². The molecule has 222 valence electrons. The Balaban J connectivity index is 1.04. The van der Waals surface area contributed by atoms with E-state index in [1.807, 2.05) is 121 Å². The molecule has 0 amide bonds. The van der Waals surface area contributed by atoms with Gasteiger partial charge in [-0.25, -0.2) is 0 Å². The average molecular weight is 603 g/mol. The second-order valence-corrected chi connectivity index (χ2v) is 11.3. The van der Waals surface area contributed by atoms with E-state index in [2.05, 4.69) is 0 Å². The summed E-state index contributed by atoms with van der Waals surface area (Å²) in [6, 6.07) is 40.1. The fourth-order valence-corrected chi connectivity index (χ4v) is 6.17. The molecule has 0 N–H and O–H groups in total. The van der Waals surface area contributed by atoms with Gasteiger partial charge in [0, 0.05) is 32.7 Å². The third kappa shape index (κ3) is 4.26. The number of furan rings is 4. The van der Waals surface area contributed by atoms with E-state index in [-0.39, 0.29) is 0 Å². The fraction of sp³-hybridized carbons (Fsp3) is 0.0500. The van der Waals surface area contributed by atoms with Gasteiger partial charge < -0.3 is 27.1 Å². The summed E-state index contributed by atoms with van der Waals surface area (Å²) in [5, 5.41) is 3.97. The molecule has 6 heteroatoms. The number of rotatable bonds is 6. The molecular formula is C40H26O6. The van der Waals surface area contributed by atoms with Crippen LogP contribution in [-0.4, -0.2) is 14.2 Å². The lowest BCUT2D eigenvalue weighted by atomic mass is 10.1. The maximum absolute atomic E-state index is 6.34. The number of para-hydroxylation sites is 2. The lowest BCUT2D eigenvalue weighted by molar-refractivity contribution is 0.415. The molecule has 0 fully saturated rings. The predicted octanol–water partition coefficient (Wildman–Crippen LogP) is 11.4. The highest BCUT2D eigenvalue weighted by atomic mass is 16.5. The molecule has 0 aliphatic heterocycles. The first-order valence-electron chi connectivity index (χ1n) is 15.0. The van der Waals surface area contributed by atoms with E-state index in [0.29, 0.717) is 0 Å². The van der Waals surface area contributed by atoms with Crippen LogP contribution in [0.2, 0.25) is 0 Å². The molecule has 0 unspecified atom stereocenters. The van der Waals surface area contributed by atoms with Gasteiger partial charge in [-0.2, -0.15) is 0 Å². The van der Waals surface area contributed by atoms with Crippen molar-refractivity contribution in [3.8, 4) is 56.8 Å². The monoisotopic (exact) mass is 602 g/mol. The van der Waals surface area contributed by atoms with Crippen LogP contribution in [0.25, 0.3) is 89.2 Å². The Bertz CT molecular complexity index is 2310. The van der Waals surface area contributed by atoms with Crippen LogP contribution in [0.3, 0.4) is 0 Å². The smallest absolute Gasteiger partial charge is 0.139 e. The normalized spacial score (nSPS) is 11.7. The summed E-state index contributed by atoms with van der Waals surface area (Å²) in [5.74, 6) is 4.43. The van der Waals surface area contributed by atoms with Crippen molar-refractivity contribution in [2.45, 2.75) is 0 Å². The first kappa shape index (κ1) is 26.3. The number of hydrogen-bond donors (Lipinski definition) is 0. The molecule has 9 rings (SSSR count). The lowest BCUT2D eigenvalue weighted by Crippen LogP contribution is -1.86. The van der Waals surface area contributed by atoms with Gasteiger partial charge in [0.05, 0.1) is 25.3 Å². The predicted molar refractivity (Wildman–Crippen MR) is 180 cm³/mol. The Labute approximate surface area is 263 Å². The van der Waals surface area contributed by atoms with Crippen molar-refractivity contribution in [1.82, 2.24) is 0 Å². The van der Waals surface area contributed by atoms with Crippen LogP contribution in [-0.2, 0) is 0 Å². The van der Waals surface area contributed by atoms with Gasteiger partial charge in [-0.3, -0.25) is 0 Å². The van der Waals surface area contributed by atoms with E-state index in [1.54, 1.807) is 14.2 Å². The van der Waals surface area contributed by atoms with Crippen molar-refractivity contribution < 1.29 is 27.1 Å². The highest BCUT2D eigenvalue weighted by molar-refractivity contribution is 5.93. The third-order valence-corrected chi connectivity index (χ3v) is 8.51. The molecule has 0 radical (unpaired) electrons. The second-order valence-electron chi connectivity index (χ2n) is 11.3. The molecule has 0 spiro atoms. The Morgan fingerprint density at radius 3 is 1.17 bits per heavy atom. The molecule has 5 aromatic carbocycles. The standard InChI is InChI=1S/C40H26O6/c1-41-37-19-27-17-33(45-35(27)21-29(37)39-15-25-7-3-5-9-31(25)43-39)23-11-13-24(14-12-23)34-18-28-20-38(42-2)30(22-36(28)46-34)40-16-26-8-4-6-10-32(26)44-40/h3-22H,1-2H3. The van der Waals surface area contributed by atoms with E-state index in [9.17, 15) is 0 Å². The van der Waals surface area contributed by atoms with E-state index in [0.717, 1.165) is 101 Å². The van der Waals surface area contributed by atoms with E-state index < -0.39 is 0 Å². The van der Waals surface area contributed by atoms with Gasteiger partial charge in [0.1, 0.15) is 56.9 Å². The third-order valence-electron chi connectivity index (χ3n) is 8.51. The minimum Gasteiger partial charge on any atom is -0.496 e. The zero-order chi connectivity index (χ0) is 30.8. The molecule has 6 nitrogen and oxygen atoms in total. The summed E-state index contributed by atoms with van der Waals surface area (Å²) in [5.41, 5.74) is 6.75. The molecule has 0 saturated heterocycles. The van der Waals surface area contributed by atoms with Gasteiger partial charge in [-0.15, -0.1) is 0 Å². The Kier molecular flexibility index (Phi) is 5.83. The van der Waals surface area contributed by atoms with Crippen LogP contribution in [0, 0.1) is 0 Å². The minimum atomic E-state index is 0.722. The number of benzene rings is 5. The molecular weight excluding hydrogens is 576 g/mol. The highest BCUT2D eigenvalue weighted by Crippen LogP contribution is 2.41. The average Bonchev–Trinajstić information content (AvgIpc) is 3.90. The van der Waals surface area contributed by atoms with Crippen LogP contribution in [0.1, 0.15) is 0 Å². The molecule has 0 aliphatic rings. The maximum atomic E-state index is 6.34. The van der Waals surface area contributed by atoms with Gasteiger partial charge >= 0.3 is 0 Å². The molecule has 0 bridgehead atoms. The molecule has 4 heterocycles. The quantitative estimate of drug-likeness (QED) is 0.189. The molecule has 0 saturated carbocycles. The Morgan fingerprint density at radius 2 is 0.761 bits per heavy atom. The summed E-state index contributed by atoms with van der Waals surface area (Å²) in [6.07, 6.45) is 0. The zero-order valence-electron chi connectivity index (χ0n) is 25.0. The Morgan fingerprint density at radius 1 is 0.370 bits per heavy atom. The summed E-state index contributed by atoms with van der Waals surface area (Å²) in [4.78, 5) is 0. The number of ether oxygens (including phenoxy) is 2. The van der Waals surface area contributed by atoms with Gasteiger partial charge in [0.25, 0.3) is 0 Å². The van der Waals surface area contributed by atoms with Crippen molar-refractivity contribution in [3.05, 3.63) is 121 Å². The van der Waals surface area contributed by atoms with Gasteiger partial charge in [0.15, 0.2) is 0 Å². The molecule has 0 aliphatic carbocycles. The van der Waals surface area contributed by atoms with E-state index in [1.165, 1.54) is 0 Å². The molecule has 0 atom stereocenters. The van der Waals surface area contributed by atoms with Gasteiger partial charge in [-0.1, -0.05) is 60.7 Å². The van der Waals surface area contributed by atoms with Crippen molar-refractivity contribution in [3.63, 3.8) is 0 Å². The zero-order valence-corrected chi connectivity index (χ0v) is 25.0. The highest BCUT2D eigenvalue weighted by Gasteiger charge is 2.18. The van der Waals surface area contributed by atoms with Crippen molar-refractivity contribution in [1.29, 1.82) is 0 Å². The summed E-state index contributed by atoms with van der Waals surface area (Å²) >= 11 is 0. The summed E-state index contributed by atoms with van der Waals surface area (Å²) < 4.78 is 36.4. The Hall–Kier alpha value is -6.14. The SMILES string of the molecule is COc1cc2cc(-c3ccc(-c4cc5cc(OC)c(-c6cc7ccccc7o6)cc5o4)cc3)oc2cc1-c1cc2ccccc2o1. The topological polar surface area (TPSA) is 71.0 Å². The van der Waals surface area contributed by atoms with Crippen molar-refractivity contribution in [2.24, 2.45) is 0 Å². The summed E-state index contributed by atoms with van der Waals surface area (Å²) in [6.45, 7) is 0. The van der Waals surface area contributed by atoms with Crippen LogP contribution in [0.4, 0.5) is 0 Å². The first-order chi connectivity index (χ1) is 22.6. The second kappa shape index (κ2) is 10.2. The van der Waals surface area contributed by atoms with Crippen LogP contribution >= 0.6 is 0 Å². The van der Waals surface area contributed by atoms with Crippen LogP contribution in [0.5, 0.6) is 11.5 Å². The van der Waals surface area contributed by atoms with Crippen LogP contribution in [0.15, 0.2) is 139 Å². The largest absolute Gasteiger partial charge is 0.496 e. The molecule has 9 aromatic rings. The van der Waals surface area contributed by atoms with Gasteiger partial charge in [0.2, 0.25) is 0 Å². The fourth-order valence-electron chi connectivity index (χ4n) is 6.17.